The number of hydrogen-bond donors (Lipinski definition) is 1. The predicted molar refractivity (Wildman–Crippen MR) is 90.2 cm³/mol. The molecule has 1 amide bonds. The molecular weight excluding hydrogens is 371 g/mol. The summed E-state index contributed by atoms with van der Waals surface area (Å²) in [6, 6.07) is 9.76. The standard InChI is InChI=1S/C17H16F3NO4S/c1-11-7-8-12(26(2,23)24)9-13(11)16(22)21-14-5-3-4-6-15(14)25-10-17(18,19)20/h3-9H,10H2,1-2H3,(H,21,22). The first-order valence-electron chi connectivity index (χ1n) is 7.38. The Balaban J connectivity index is 2.29. The van der Waals surface area contributed by atoms with Gasteiger partial charge in [0.15, 0.2) is 16.4 Å². The van der Waals surface area contributed by atoms with Crippen LogP contribution in [0.3, 0.4) is 0 Å². The van der Waals surface area contributed by atoms with Gasteiger partial charge in [0.05, 0.1) is 10.6 Å². The zero-order chi connectivity index (χ0) is 19.5. The molecule has 0 bridgehead atoms. The molecule has 2 aromatic rings. The number of alkyl halides is 3. The van der Waals surface area contributed by atoms with Crippen molar-refractivity contribution in [3.05, 3.63) is 53.6 Å². The number of aryl methyl sites for hydroxylation is 1. The van der Waals surface area contributed by atoms with Crippen molar-refractivity contribution in [2.45, 2.75) is 18.0 Å². The molecule has 0 unspecified atom stereocenters. The number of sulfone groups is 1. The van der Waals surface area contributed by atoms with Crippen molar-refractivity contribution in [2.75, 3.05) is 18.2 Å². The van der Waals surface area contributed by atoms with Crippen LogP contribution in [0.1, 0.15) is 15.9 Å². The quantitative estimate of drug-likeness (QED) is 0.851. The summed E-state index contributed by atoms with van der Waals surface area (Å²) < 4.78 is 65.0. The van der Waals surface area contributed by atoms with Gasteiger partial charge in [-0.1, -0.05) is 18.2 Å². The van der Waals surface area contributed by atoms with Crippen LogP contribution in [0.5, 0.6) is 5.75 Å². The van der Waals surface area contributed by atoms with Gasteiger partial charge in [-0.25, -0.2) is 8.42 Å². The van der Waals surface area contributed by atoms with E-state index in [1.54, 1.807) is 6.92 Å². The topological polar surface area (TPSA) is 72.5 Å². The smallest absolute Gasteiger partial charge is 0.422 e. The van der Waals surface area contributed by atoms with Crippen molar-refractivity contribution in [1.82, 2.24) is 0 Å². The van der Waals surface area contributed by atoms with Crippen molar-refractivity contribution in [2.24, 2.45) is 0 Å². The Morgan fingerprint density at radius 3 is 2.42 bits per heavy atom. The van der Waals surface area contributed by atoms with E-state index >= 15 is 0 Å². The van der Waals surface area contributed by atoms with Gasteiger partial charge in [-0.2, -0.15) is 13.2 Å². The molecule has 0 aromatic heterocycles. The molecule has 0 aliphatic carbocycles. The SMILES string of the molecule is Cc1ccc(S(C)(=O)=O)cc1C(=O)Nc1ccccc1OCC(F)(F)F. The Kier molecular flexibility index (Phi) is 5.60. The van der Waals surface area contributed by atoms with Crippen molar-refractivity contribution in [3.63, 3.8) is 0 Å². The van der Waals surface area contributed by atoms with Gasteiger partial charge in [0, 0.05) is 11.8 Å². The predicted octanol–water partition coefficient (Wildman–Crippen LogP) is 3.59. The lowest BCUT2D eigenvalue weighted by Crippen LogP contribution is -2.20. The summed E-state index contributed by atoms with van der Waals surface area (Å²) in [6.45, 7) is 0.121. The summed E-state index contributed by atoms with van der Waals surface area (Å²) in [6.07, 6.45) is -3.50. The number of carbonyl (C=O) groups excluding carboxylic acids is 1. The van der Waals surface area contributed by atoms with Crippen LogP contribution in [-0.4, -0.2) is 33.4 Å². The molecule has 1 N–H and O–H groups in total. The molecule has 0 saturated heterocycles. The summed E-state index contributed by atoms with van der Waals surface area (Å²) in [5, 5.41) is 2.46. The summed E-state index contributed by atoms with van der Waals surface area (Å²) in [4.78, 5) is 12.5. The molecule has 5 nitrogen and oxygen atoms in total. The molecule has 9 heteroatoms. The highest BCUT2D eigenvalue weighted by Crippen LogP contribution is 2.27. The Morgan fingerprint density at radius 1 is 1.15 bits per heavy atom. The third-order valence-corrected chi connectivity index (χ3v) is 4.52. The highest BCUT2D eigenvalue weighted by atomic mass is 32.2. The molecule has 0 aliphatic rings. The van der Waals surface area contributed by atoms with Crippen LogP contribution in [0.2, 0.25) is 0 Å². The highest BCUT2D eigenvalue weighted by Gasteiger charge is 2.29. The molecule has 0 saturated carbocycles. The maximum atomic E-state index is 12.5. The lowest BCUT2D eigenvalue weighted by Gasteiger charge is -2.14. The zero-order valence-electron chi connectivity index (χ0n) is 13.9. The zero-order valence-corrected chi connectivity index (χ0v) is 14.7. The fourth-order valence-electron chi connectivity index (χ4n) is 2.12. The highest BCUT2D eigenvalue weighted by molar-refractivity contribution is 7.90. The molecule has 2 rings (SSSR count). The molecular formula is C17H16F3NO4S. The molecule has 140 valence electrons. The second-order valence-corrected chi connectivity index (χ2v) is 7.62. The number of halogens is 3. The molecule has 0 atom stereocenters. The lowest BCUT2D eigenvalue weighted by atomic mass is 10.1. The first-order chi connectivity index (χ1) is 12.0. The van der Waals surface area contributed by atoms with Gasteiger partial charge in [0.25, 0.3) is 5.91 Å². The van der Waals surface area contributed by atoms with Crippen LogP contribution in [0.25, 0.3) is 0 Å². The molecule has 0 spiro atoms. The van der Waals surface area contributed by atoms with Crippen LogP contribution in [0.4, 0.5) is 18.9 Å². The van der Waals surface area contributed by atoms with E-state index < -0.39 is 28.5 Å². The Hall–Kier alpha value is -2.55. The summed E-state index contributed by atoms with van der Waals surface area (Å²) in [7, 11) is -3.51. The number of nitrogens with one attached hydrogen (secondary N) is 1. The van der Waals surface area contributed by atoms with Gasteiger partial charge < -0.3 is 10.1 Å². The van der Waals surface area contributed by atoms with Gasteiger partial charge in [0.2, 0.25) is 0 Å². The van der Waals surface area contributed by atoms with E-state index in [9.17, 15) is 26.4 Å². The maximum Gasteiger partial charge on any atom is 0.422 e. The normalized spacial score (nSPS) is 11.9. The molecule has 0 fully saturated rings. The van der Waals surface area contributed by atoms with E-state index in [0.29, 0.717) is 5.56 Å². The molecule has 2 aromatic carbocycles. The number of rotatable bonds is 5. The van der Waals surface area contributed by atoms with Gasteiger partial charge in [-0.3, -0.25) is 4.79 Å². The van der Waals surface area contributed by atoms with E-state index in [1.807, 2.05) is 0 Å². The maximum absolute atomic E-state index is 12.5. The van der Waals surface area contributed by atoms with Crippen LogP contribution >= 0.6 is 0 Å². The third-order valence-electron chi connectivity index (χ3n) is 3.41. The van der Waals surface area contributed by atoms with Crippen molar-refractivity contribution in [1.29, 1.82) is 0 Å². The molecule has 0 heterocycles. The first kappa shape index (κ1) is 19.8. The van der Waals surface area contributed by atoms with Crippen LogP contribution in [0.15, 0.2) is 47.4 Å². The average molecular weight is 387 g/mol. The van der Waals surface area contributed by atoms with E-state index in [-0.39, 0.29) is 21.9 Å². The number of benzene rings is 2. The second kappa shape index (κ2) is 7.36. The van der Waals surface area contributed by atoms with Crippen molar-refractivity contribution < 1.29 is 31.1 Å². The van der Waals surface area contributed by atoms with Gasteiger partial charge in [-0.15, -0.1) is 0 Å². The van der Waals surface area contributed by atoms with Crippen molar-refractivity contribution in [3.8, 4) is 5.75 Å². The van der Waals surface area contributed by atoms with E-state index in [4.69, 9.17) is 4.74 Å². The number of carbonyl (C=O) groups is 1. The Labute approximate surface area is 148 Å². The number of anilines is 1. The second-order valence-electron chi connectivity index (χ2n) is 5.60. The summed E-state index contributed by atoms with van der Waals surface area (Å²) in [5.74, 6) is -0.800. The van der Waals surface area contributed by atoms with Crippen LogP contribution < -0.4 is 10.1 Å². The Morgan fingerprint density at radius 2 is 1.81 bits per heavy atom. The molecule has 0 radical (unpaired) electrons. The largest absolute Gasteiger partial charge is 0.482 e. The van der Waals surface area contributed by atoms with Crippen LogP contribution in [0, 0.1) is 6.92 Å². The first-order valence-corrected chi connectivity index (χ1v) is 9.27. The number of ether oxygens (including phenoxy) is 1. The number of para-hydroxylation sites is 2. The fourth-order valence-corrected chi connectivity index (χ4v) is 2.77. The van der Waals surface area contributed by atoms with E-state index in [1.165, 1.54) is 42.5 Å². The number of amides is 1. The van der Waals surface area contributed by atoms with Gasteiger partial charge in [-0.05, 0) is 36.8 Å². The van der Waals surface area contributed by atoms with E-state index in [2.05, 4.69) is 5.32 Å². The number of hydrogen-bond acceptors (Lipinski definition) is 4. The Bertz CT molecular complexity index is 924. The minimum Gasteiger partial charge on any atom is -0.482 e. The van der Waals surface area contributed by atoms with Crippen molar-refractivity contribution >= 4 is 21.4 Å². The molecule has 26 heavy (non-hydrogen) atoms. The lowest BCUT2D eigenvalue weighted by molar-refractivity contribution is -0.153. The van der Waals surface area contributed by atoms with E-state index in [0.717, 1.165) is 6.26 Å². The minimum absolute atomic E-state index is 0.0325. The van der Waals surface area contributed by atoms with Crippen LogP contribution in [-0.2, 0) is 9.84 Å². The molecule has 0 aliphatic heterocycles. The fraction of sp³-hybridized carbons (Fsp3) is 0.235. The minimum atomic E-state index is -4.52. The average Bonchev–Trinajstić information content (AvgIpc) is 2.52. The summed E-state index contributed by atoms with van der Waals surface area (Å²) >= 11 is 0. The van der Waals surface area contributed by atoms with Gasteiger partial charge in [0.1, 0.15) is 5.75 Å². The summed E-state index contributed by atoms with van der Waals surface area (Å²) in [5.41, 5.74) is 0.660. The van der Waals surface area contributed by atoms with Gasteiger partial charge >= 0.3 is 6.18 Å². The third kappa shape index (κ3) is 5.22. The monoisotopic (exact) mass is 387 g/mol.